The number of thioether (sulfide) groups is 1. The van der Waals surface area contributed by atoms with Crippen LogP contribution in [0.2, 0.25) is 0 Å². The van der Waals surface area contributed by atoms with Gasteiger partial charge in [-0.15, -0.1) is 0 Å². The number of hydrogen-bond acceptors (Lipinski definition) is 3. The van der Waals surface area contributed by atoms with E-state index < -0.39 is 0 Å². The van der Waals surface area contributed by atoms with Crippen LogP contribution in [-0.2, 0) is 11.3 Å². The maximum atomic E-state index is 14.2. The first kappa shape index (κ1) is 18.5. The summed E-state index contributed by atoms with van der Waals surface area (Å²) in [5.41, 5.74) is 3.37. The molecule has 6 heteroatoms. The predicted molar refractivity (Wildman–Crippen MR) is 111 cm³/mol. The first-order valence-corrected chi connectivity index (χ1v) is 9.89. The third-order valence-corrected chi connectivity index (χ3v) is 5.94. The van der Waals surface area contributed by atoms with E-state index >= 15 is 0 Å². The zero-order chi connectivity index (χ0) is 19.8. The number of nitrogens with zero attached hydrogens (tertiary/aromatic N) is 2. The normalized spacial score (nSPS) is 16.0. The van der Waals surface area contributed by atoms with Gasteiger partial charge in [-0.3, -0.25) is 14.5 Å². The molecule has 0 bridgehead atoms. The van der Waals surface area contributed by atoms with E-state index in [1.54, 1.807) is 25.1 Å². The highest BCUT2D eigenvalue weighted by Crippen LogP contribution is 2.35. The minimum Gasteiger partial charge on any atom is -0.340 e. The van der Waals surface area contributed by atoms with Gasteiger partial charge in [-0.05, 0) is 43.8 Å². The van der Waals surface area contributed by atoms with Gasteiger partial charge < -0.3 is 4.57 Å². The number of amides is 2. The van der Waals surface area contributed by atoms with E-state index in [9.17, 15) is 14.0 Å². The molecule has 0 N–H and O–H groups in total. The SMILES string of the molecule is CCN1C(=O)S/C(=C/c2c(C)n(Cc3ccccc3F)c3ccccc23)C1=O. The van der Waals surface area contributed by atoms with Crippen LogP contribution in [0.5, 0.6) is 0 Å². The Bertz CT molecular complexity index is 1130. The molecule has 1 aliphatic heterocycles. The second-order valence-corrected chi connectivity index (χ2v) is 7.61. The van der Waals surface area contributed by atoms with Crippen molar-refractivity contribution in [2.24, 2.45) is 0 Å². The summed E-state index contributed by atoms with van der Waals surface area (Å²) in [6.07, 6.45) is 1.79. The average molecular weight is 394 g/mol. The van der Waals surface area contributed by atoms with Crippen molar-refractivity contribution in [1.82, 2.24) is 9.47 Å². The van der Waals surface area contributed by atoms with Gasteiger partial charge >= 0.3 is 0 Å². The molecule has 28 heavy (non-hydrogen) atoms. The topological polar surface area (TPSA) is 42.3 Å². The minimum atomic E-state index is -0.261. The third-order valence-electron chi connectivity index (χ3n) is 5.03. The number of hydrogen-bond donors (Lipinski definition) is 0. The van der Waals surface area contributed by atoms with Crippen molar-refractivity contribution in [2.75, 3.05) is 6.54 Å². The number of carbonyl (C=O) groups excluding carboxylic acids is 2. The number of imide groups is 1. The van der Waals surface area contributed by atoms with Crippen LogP contribution >= 0.6 is 11.8 Å². The predicted octanol–water partition coefficient (Wildman–Crippen LogP) is 5.19. The van der Waals surface area contributed by atoms with Gasteiger partial charge in [0.2, 0.25) is 0 Å². The van der Waals surface area contributed by atoms with Crippen LogP contribution in [0.25, 0.3) is 17.0 Å². The van der Waals surface area contributed by atoms with E-state index in [2.05, 4.69) is 0 Å². The Kier molecular flexibility index (Phi) is 4.81. The minimum absolute atomic E-state index is 0.244. The molecule has 3 aromatic rings. The Labute approximate surface area is 166 Å². The van der Waals surface area contributed by atoms with Crippen molar-refractivity contribution in [3.8, 4) is 0 Å². The molecule has 1 aliphatic rings. The fourth-order valence-electron chi connectivity index (χ4n) is 3.54. The molecular formula is C22H19FN2O2S. The van der Waals surface area contributed by atoms with E-state index in [0.29, 0.717) is 23.6 Å². The van der Waals surface area contributed by atoms with Gasteiger partial charge in [-0.2, -0.15) is 0 Å². The summed E-state index contributed by atoms with van der Waals surface area (Å²) >= 11 is 0.963. The quantitative estimate of drug-likeness (QED) is 0.572. The molecule has 4 nitrogen and oxygen atoms in total. The Hall–Kier alpha value is -2.86. The molecule has 4 rings (SSSR count). The molecule has 0 aliphatic carbocycles. The highest BCUT2D eigenvalue weighted by atomic mass is 32.2. The van der Waals surface area contributed by atoms with Gasteiger partial charge in [0.15, 0.2) is 0 Å². The summed E-state index contributed by atoms with van der Waals surface area (Å²) < 4.78 is 16.2. The van der Waals surface area contributed by atoms with Crippen LogP contribution in [0.3, 0.4) is 0 Å². The van der Waals surface area contributed by atoms with Crippen LogP contribution < -0.4 is 0 Å². The van der Waals surface area contributed by atoms with Crippen molar-refractivity contribution < 1.29 is 14.0 Å². The van der Waals surface area contributed by atoms with Gasteiger partial charge in [-0.25, -0.2) is 4.39 Å². The Morgan fingerprint density at radius 1 is 1.07 bits per heavy atom. The summed E-state index contributed by atoms with van der Waals surface area (Å²) in [5, 5.41) is 0.728. The molecule has 1 fully saturated rings. The molecule has 1 saturated heterocycles. The second kappa shape index (κ2) is 7.28. The summed E-state index contributed by atoms with van der Waals surface area (Å²) in [6, 6.07) is 14.6. The molecule has 0 saturated carbocycles. The fourth-order valence-corrected chi connectivity index (χ4v) is 4.43. The van der Waals surface area contributed by atoms with E-state index in [1.165, 1.54) is 11.0 Å². The van der Waals surface area contributed by atoms with Gasteiger partial charge in [0.05, 0.1) is 11.4 Å². The molecule has 142 valence electrons. The lowest BCUT2D eigenvalue weighted by molar-refractivity contribution is -0.122. The van der Waals surface area contributed by atoms with Crippen molar-refractivity contribution in [2.45, 2.75) is 20.4 Å². The Morgan fingerprint density at radius 2 is 1.79 bits per heavy atom. The van der Waals surface area contributed by atoms with Gasteiger partial charge in [0, 0.05) is 34.3 Å². The van der Waals surface area contributed by atoms with Crippen LogP contribution in [0, 0.1) is 12.7 Å². The third kappa shape index (κ3) is 3.03. The van der Waals surface area contributed by atoms with Gasteiger partial charge in [0.1, 0.15) is 5.82 Å². The Morgan fingerprint density at radius 3 is 2.50 bits per heavy atom. The van der Waals surface area contributed by atoms with Crippen LogP contribution in [0.15, 0.2) is 53.4 Å². The Balaban J connectivity index is 1.84. The van der Waals surface area contributed by atoms with Crippen molar-refractivity contribution in [3.63, 3.8) is 0 Å². The molecule has 2 heterocycles. The smallest absolute Gasteiger partial charge is 0.293 e. The monoisotopic (exact) mass is 394 g/mol. The summed E-state index contributed by atoms with van der Waals surface area (Å²) in [6.45, 7) is 4.49. The largest absolute Gasteiger partial charge is 0.340 e. The first-order valence-electron chi connectivity index (χ1n) is 9.08. The number of para-hydroxylation sites is 1. The molecule has 1 aromatic heterocycles. The maximum absolute atomic E-state index is 14.2. The molecule has 0 unspecified atom stereocenters. The van der Waals surface area contributed by atoms with Crippen LogP contribution in [0.4, 0.5) is 9.18 Å². The lowest BCUT2D eigenvalue weighted by Crippen LogP contribution is -2.27. The number of likely N-dealkylation sites (N-methyl/N-ethyl adjacent to an activating group) is 1. The second-order valence-electron chi connectivity index (χ2n) is 6.62. The van der Waals surface area contributed by atoms with E-state index in [1.807, 2.05) is 41.8 Å². The van der Waals surface area contributed by atoms with Gasteiger partial charge in [0.25, 0.3) is 11.1 Å². The van der Waals surface area contributed by atoms with Crippen molar-refractivity contribution >= 4 is 39.9 Å². The summed E-state index contributed by atoms with van der Waals surface area (Å²) in [7, 11) is 0. The number of fused-ring (bicyclic) bond motifs is 1. The number of aromatic nitrogens is 1. The number of benzene rings is 2. The average Bonchev–Trinajstić information content (AvgIpc) is 3.11. The van der Waals surface area contributed by atoms with Crippen LogP contribution in [-0.4, -0.2) is 27.2 Å². The standard InChI is InChI=1S/C22H19FN2O2S/c1-3-24-21(26)20(28-22(24)27)12-17-14(2)25(19-11-7-5-9-16(17)19)13-15-8-4-6-10-18(15)23/h4-12H,3,13H2,1-2H3/b20-12+. The number of rotatable bonds is 4. The fraction of sp³-hybridized carbons (Fsp3) is 0.182. The van der Waals surface area contributed by atoms with Crippen molar-refractivity contribution in [3.05, 3.63) is 76.1 Å². The molecule has 2 aromatic carbocycles. The molecular weight excluding hydrogens is 375 g/mol. The molecule has 2 amide bonds. The highest BCUT2D eigenvalue weighted by molar-refractivity contribution is 8.18. The van der Waals surface area contributed by atoms with E-state index in [4.69, 9.17) is 0 Å². The van der Waals surface area contributed by atoms with Gasteiger partial charge in [-0.1, -0.05) is 36.4 Å². The summed E-state index contributed by atoms with van der Waals surface area (Å²) in [5.74, 6) is -0.506. The molecule has 0 radical (unpaired) electrons. The van der Waals surface area contributed by atoms with Crippen LogP contribution in [0.1, 0.15) is 23.7 Å². The lowest BCUT2D eigenvalue weighted by atomic mass is 10.1. The highest BCUT2D eigenvalue weighted by Gasteiger charge is 2.34. The first-order chi connectivity index (χ1) is 13.5. The zero-order valence-corrected chi connectivity index (χ0v) is 16.4. The van der Waals surface area contributed by atoms with E-state index in [-0.39, 0.29) is 17.0 Å². The number of carbonyl (C=O) groups is 2. The maximum Gasteiger partial charge on any atom is 0.293 e. The molecule has 0 atom stereocenters. The lowest BCUT2D eigenvalue weighted by Gasteiger charge is -2.09. The van der Waals surface area contributed by atoms with E-state index in [0.717, 1.165) is 33.9 Å². The summed E-state index contributed by atoms with van der Waals surface area (Å²) in [4.78, 5) is 26.2. The number of halogens is 1. The zero-order valence-electron chi connectivity index (χ0n) is 15.6. The molecule has 0 spiro atoms. The van der Waals surface area contributed by atoms with Crippen molar-refractivity contribution in [1.29, 1.82) is 0 Å².